The molecule has 0 fully saturated rings. The third-order valence-electron chi connectivity index (χ3n) is 0.408. The van der Waals surface area contributed by atoms with Crippen molar-refractivity contribution in [3.8, 4) is 0 Å². The molecule has 1 nitrogen and oxygen atoms in total. The van der Waals surface area contributed by atoms with Crippen LogP contribution in [0.5, 0.6) is 0 Å². The molecule has 0 aromatic heterocycles. The van der Waals surface area contributed by atoms with Crippen LogP contribution < -0.4 is 0 Å². The van der Waals surface area contributed by atoms with Crippen molar-refractivity contribution in [1.29, 1.82) is 0 Å². The lowest BCUT2D eigenvalue weighted by atomic mass is 11.8. The molecule has 2 heteroatoms. The summed E-state index contributed by atoms with van der Waals surface area (Å²) in [5, 5.41) is 0. The zero-order valence-corrected chi connectivity index (χ0v) is 4.91. The van der Waals surface area contributed by atoms with Crippen LogP contribution >= 0.6 is 8.15 Å². The lowest BCUT2D eigenvalue weighted by molar-refractivity contribution is 0.468. The van der Waals surface area contributed by atoms with Crippen molar-refractivity contribution in [2.45, 2.75) is 0 Å². The minimum Gasteiger partial charge on any atom is -0.245 e. The summed E-state index contributed by atoms with van der Waals surface area (Å²) < 4.78 is 4.85. The molecule has 0 aliphatic carbocycles. The van der Waals surface area contributed by atoms with E-state index in [1.54, 1.807) is 7.11 Å². The number of hydrogen-bond donors (Lipinski definition) is 0. The summed E-state index contributed by atoms with van der Waals surface area (Å²) in [6, 6.07) is 0. The largest absolute Gasteiger partial charge is 0.245 e. The molecular weight excluding hydrogens is 83.0 g/mol. The van der Waals surface area contributed by atoms with Gasteiger partial charge in [-0.25, -0.2) is 4.52 Å². The van der Waals surface area contributed by atoms with E-state index in [-0.39, 0.29) is 8.15 Å². The third kappa shape index (κ3) is 4.39. The minimum absolute atomic E-state index is 0.374. The van der Waals surface area contributed by atoms with Gasteiger partial charge in [0.25, 0.3) is 0 Å². The highest BCUT2D eigenvalue weighted by molar-refractivity contribution is 7.50. The predicted molar refractivity (Wildman–Crippen MR) is 27.2 cm³/mol. The molecule has 0 unspecified atom stereocenters. The Morgan fingerprint density at radius 1 is 1.40 bits per heavy atom. The third-order valence-corrected chi connectivity index (χ3v) is 1.22. The maximum absolute atomic E-state index is 4.85. The van der Waals surface area contributed by atoms with Crippen LogP contribution in [0.1, 0.15) is 0 Å². The van der Waals surface area contributed by atoms with Crippen LogP contribution in [0.3, 0.4) is 0 Å². The first kappa shape index (κ1) is 5.39. The molecule has 0 amide bonds. The molecule has 0 saturated heterocycles. The monoisotopic (exact) mass is 93.0 g/mol. The molecule has 0 aliphatic rings. The molecule has 0 aromatic rings. The fourth-order valence-electron chi connectivity index (χ4n) is 0. The first-order valence-corrected chi connectivity index (χ1v) is 4.02. The molecule has 0 aromatic carbocycles. The first-order chi connectivity index (χ1) is 2.27. The van der Waals surface area contributed by atoms with Crippen LogP contribution in [0.4, 0.5) is 0 Å². The smallest absolute Gasteiger partial charge is 0.126 e. The van der Waals surface area contributed by atoms with Gasteiger partial charge in [0.15, 0.2) is 0 Å². The summed E-state index contributed by atoms with van der Waals surface area (Å²) >= 11 is 0. The van der Waals surface area contributed by atoms with E-state index in [1.165, 1.54) is 0 Å². The van der Waals surface area contributed by atoms with Gasteiger partial charge in [0.05, 0.1) is 20.4 Å². The fraction of sp³-hybridized carbons (Fsp3) is 1.00. The molecule has 0 atom stereocenters. The van der Waals surface area contributed by atoms with Crippen molar-refractivity contribution in [1.82, 2.24) is 0 Å². The molecule has 0 saturated carbocycles. The zero-order valence-electron chi connectivity index (χ0n) is 3.91. The standard InChI is InChI=1S/C3H9OP/c1-4-5(2)3/h1-3H3/p+1. The molecule has 0 radical (unpaired) electrons. The summed E-state index contributed by atoms with van der Waals surface area (Å²) in [7, 11) is 1.37. The Kier molecular flexibility index (Phi) is 2.82. The lowest BCUT2D eigenvalue weighted by Gasteiger charge is -1.84. The number of hydrogen-bond acceptors (Lipinski definition) is 1. The molecular formula is C3H10OP+. The fourth-order valence-corrected chi connectivity index (χ4v) is 0. The van der Waals surface area contributed by atoms with Crippen molar-refractivity contribution < 1.29 is 4.52 Å². The van der Waals surface area contributed by atoms with Gasteiger partial charge in [0, 0.05) is 0 Å². The predicted octanol–water partition coefficient (Wildman–Crippen LogP) is 1.02. The Hall–Kier alpha value is 0.390. The molecule has 5 heavy (non-hydrogen) atoms. The summed E-state index contributed by atoms with van der Waals surface area (Å²) in [6.07, 6.45) is 0. The molecule has 0 bridgehead atoms. The van der Waals surface area contributed by atoms with Gasteiger partial charge in [0.1, 0.15) is 8.15 Å². The summed E-state index contributed by atoms with van der Waals surface area (Å²) in [5.41, 5.74) is 0. The molecule has 32 valence electrons. The molecule has 0 rings (SSSR count). The second kappa shape index (κ2) is 2.62. The molecule has 0 N–H and O–H groups in total. The maximum atomic E-state index is 4.85. The van der Waals surface area contributed by atoms with Gasteiger partial charge in [-0.15, -0.1) is 0 Å². The summed E-state index contributed by atoms with van der Waals surface area (Å²) in [5.74, 6) is 0. The Labute approximate surface area is 34.2 Å². The van der Waals surface area contributed by atoms with Crippen LogP contribution in [0.25, 0.3) is 0 Å². The summed E-state index contributed by atoms with van der Waals surface area (Å²) in [6.45, 7) is 4.20. The van der Waals surface area contributed by atoms with Crippen molar-refractivity contribution in [3.63, 3.8) is 0 Å². The van der Waals surface area contributed by atoms with Gasteiger partial charge in [-0.05, 0) is 0 Å². The van der Waals surface area contributed by atoms with Gasteiger partial charge < -0.3 is 0 Å². The topological polar surface area (TPSA) is 9.23 Å². The second-order valence-electron chi connectivity index (χ2n) is 1.11. The SMILES string of the molecule is CO[PH+](C)C. The van der Waals surface area contributed by atoms with Crippen LogP contribution in [0, 0.1) is 0 Å². The summed E-state index contributed by atoms with van der Waals surface area (Å²) in [4.78, 5) is 0. The van der Waals surface area contributed by atoms with Crippen LogP contribution in [0.15, 0.2) is 0 Å². The Morgan fingerprint density at radius 2 is 1.60 bits per heavy atom. The van der Waals surface area contributed by atoms with Crippen molar-refractivity contribution in [3.05, 3.63) is 0 Å². The Balaban J connectivity index is 2.54. The average Bonchev–Trinajstić information content (AvgIpc) is 1.38. The molecule has 0 aliphatic heterocycles. The van der Waals surface area contributed by atoms with Gasteiger partial charge in [0.2, 0.25) is 0 Å². The van der Waals surface area contributed by atoms with Crippen molar-refractivity contribution >= 4 is 8.15 Å². The van der Waals surface area contributed by atoms with Crippen LogP contribution in [-0.2, 0) is 4.52 Å². The van der Waals surface area contributed by atoms with Gasteiger partial charge in [-0.2, -0.15) is 0 Å². The van der Waals surface area contributed by atoms with E-state index in [0.717, 1.165) is 0 Å². The quantitative estimate of drug-likeness (QED) is 0.440. The first-order valence-electron chi connectivity index (χ1n) is 1.61. The van der Waals surface area contributed by atoms with Crippen LogP contribution in [0.2, 0.25) is 0 Å². The highest BCUT2D eigenvalue weighted by atomic mass is 31.1. The Morgan fingerprint density at radius 3 is 1.60 bits per heavy atom. The van der Waals surface area contributed by atoms with Crippen molar-refractivity contribution in [2.75, 3.05) is 20.4 Å². The van der Waals surface area contributed by atoms with Crippen LogP contribution in [-0.4, -0.2) is 20.4 Å². The van der Waals surface area contributed by atoms with Gasteiger partial charge >= 0.3 is 0 Å². The van der Waals surface area contributed by atoms with Crippen molar-refractivity contribution in [2.24, 2.45) is 0 Å². The van der Waals surface area contributed by atoms with E-state index in [2.05, 4.69) is 13.3 Å². The van der Waals surface area contributed by atoms with Gasteiger partial charge in [-0.1, -0.05) is 0 Å². The Bertz CT molecular complexity index is 20.9. The second-order valence-corrected chi connectivity index (χ2v) is 3.34. The number of rotatable bonds is 1. The normalized spacial score (nSPS) is 9.60. The molecule has 0 spiro atoms. The zero-order chi connectivity index (χ0) is 4.28. The van der Waals surface area contributed by atoms with E-state index in [4.69, 9.17) is 4.52 Å². The van der Waals surface area contributed by atoms with E-state index in [1.807, 2.05) is 0 Å². The highest BCUT2D eigenvalue weighted by Gasteiger charge is 1.88. The van der Waals surface area contributed by atoms with Gasteiger partial charge in [-0.3, -0.25) is 0 Å². The minimum atomic E-state index is -0.374. The highest BCUT2D eigenvalue weighted by Crippen LogP contribution is 2.22. The van der Waals surface area contributed by atoms with E-state index >= 15 is 0 Å². The van der Waals surface area contributed by atoms with E-state index in [9.17, 15) is 0 Å². The lowest BCUT2D eigenvalue weighted by Crippen LogP contribution is -1.65. The van der Waals surface area contributed by atoms with E-state index in [0.29, 0.717) is 0 Å². The average molecular weight is 93.1 g/mol. The maximum Gasteiger partial charge on any atom is 0.126 e. The van der Waals surface area contributed by atoms with E-state index < -0.39 is 0 Å². The molecule has 0 heterocycles.